The van der Waals surface area contributed by atoms with E-state index in [1.807, 2.05) is 0 Å². The fourth-order valence-electron chi connectivity index (χ4n) is 1.38. The van der Waals surface area contributed by atoms with Gasteiger partial charge in [-0.1, -0.05) is 29.0 Å². The maximum absolute atomic E-state index is 12.5. The van der Waals surface area contributed by atoms with Crippen LogP contribution in [0.4, 0.5) is 5.13 Å². The molecule has 0 atom stereocenters. The van der Waals surface area contributed by atoms with Gasteiger partial charge in [-0.15, -0.1) is 10.2 Å². The van der Waals surface area contributed by atoms with Crippen molar-refractivity contribution in [2.45, 2.75) is 11.8 Å². The Bertz CT molecular complexity index is 697. The topological polar surface area (TPSA) is 63.2 Å². The van der Waals surface area contributed by atoms with Gasteiger partial charge < -0.3 is 0 Å². The number of rotatable bonds is 3. The molecule has 102 valence electrons. The molecule has 9 heteroatoms. The first-order valence-electron chi connectivity index (χ1n) is 5.07. The van der Waals surface area contributed by atoms with Gasteiger partial charge >= 0.3 is 0 Å². The summed E-state index contributed by atoms with van der Waals surface area (Å²) in [5, 5.41) is 8.77. The van der Waals surface area contributed by atoms with Crippen molar-refractivity contribution in [2.75, 3.05) is 11.4 Å². The molecule has 0 bridgehead atoms. The SMILES string of the molecule is Cc1nnc(N(C)S(=O)(=O)c2c(Cl)cccc2Br)s1. The van der Waals surface area contributed by atoms with E-state index < -0.39 is 10.0 Å². The standard InChI is InChI=1S/C10H9BrClN3O2S2/c1-6-13-14-10(18-6)15(2)19(16,17)9-7(11)4-3-5-8(9)12/h3-5H,1-2H3. The molecule has 0 aliphatic rings. The van der Waals surface area contributed by atoms with Crippen LogP contribution >= 0.6 is 38.9 Å². The van der Waals surface area contributed by atoms with Crippen LogP contribution in [0.1, 0.15) is 5.01 Å². The third kappa shape index (κ3) is 2.76. The number of aryl methyl sites for hydroxylation is 1. The fraction of sp³-hybridized carbons (Fsp3) is 0.200. The molecule has 0 saturated carbocycles. The van der Waals surface area contributed by atoms with Crippen LogP contribution in [-0.4, -0.2) is 25.7 Å². The van der Waals surface area contributed by atoms with Crippen LogP contribution in [0.3, 0.4) is 0 Å². The highest BCUT2D eigenvalue weighted by Crippen LogP contribution is 2.33. The van der Waals surface area contributed by atoms with Gasteiger partial charge in [-0.25, -0.2) is 12.7 Å². The number of nitrogens with zero attached hydrogens (tertiary/aromatic N) is 3. The van der Waals surface area contributed by atoms with E-state index in [4.69, 9.17) is 11.6 Å². The van der Waals surface area contributed by atoms with Crippen molar-refractivity contribution in [1.82, 2.24) is 10.2 Å². The van der Waals surface area contributed by atoms with Crippen molar-refractivity contribution in [3.05, 3.63) is 32.7 Å². The van der Waals surface area contributed by atoms with E-state index in [0.717, 1.165) is 4.31 Å². The molecule has 0 N–H and O–H groups in total. The maximum atomic E-state index is 12.5. The molecule has 0 saturated heterocycles. The summed E-state index contributed by atoms with van der Waals surface area (Å²) in [6.07, 6.45) is 0. The summed E-state index contributed by atoms with van der Waals surface area (Å²) >= 11 is 10.4. The smallest absolute Gasteiger partial charge is 0.243 e. The van der Waals surface area contributed by atoms with Gasteiger partial charge in [0.1, 0.15) is 9.90 Å². The minimum absolute atomic E-state index is 0.0204. The molecule has 0 aliphatic carbocycles. The monoisotopic (exact) mass is 381 g/mol. The van der Waals surface area contributed by atoms with Gasteiger partial charge in [-0.2, -0.15) is 0 Å². The van der Waals surface area contributed by atoms with Crippen molar-refractivity contribution >= 4 is 54.0 Å². The lowest BCUT2D eigenvalue weighted by atomic mass is 10.4. The van der Waals surface area contributed by atoms with E-state index >= 15 is 0 Å². The van der Waals surface area contributed by atoms with Crippen LogP contribution in [0.25, 0.3) is 0 Å². The summed E-state index contributed by atoms with van der Waals surface area (Å²) in [6.45, 7) is 1.76. The normalized spacial score (nSPS) is 11.6. The molecule has 0 aliphatic heterocycles. The number of anilines is 1. The quantitative estimate of drug-likeness (QED) is 0.818. The first kappa shape index (κ1) is 14.7. The average Bonchev–Trinajstić information content (AvgIpc) is 2.74. The number of aromatic nitrogens is 2. The molecule has 1 heterocycles. The van der Waals surface area contributed by atoms with E-state index in [1.165, 1.54) is 24.5 Å². The van der Waals surface area contributed by atoms with Crippen LogP contribution in [0.2, 0.25) is 5.02 Å². The third-order valence-electron chi connectivity index (χ3n) is 2.32. The van der Waals surface area contributed by atoms with Crippen LogP contribution < -0.4 is 4.31 Å². The molecule has 0 spiro atoms. The first-order chi connectivity index (χ1) is 8.84. The number of hydrogen-bond donors (Lipinski definition) is 0. The van der Waals surface area contributed by atoms with Crippen molar-refractivity contribution in [3.63, 3.8) is 0 Å². The summed E-state index contributed by atoms with van der Waals surface area (Å²) in [5.74, 6) is 0. The number of benzene rings is 1. The van der Waals surface area contributed by atoms with E-state index in [-0.39, 0.29) is 9.92 Å². The van der Waals surface area contributed by atoms with Gasteiger partial charge in [-0.05, 0) is 35.0 Å². The Morgan fingerprint density at radius 2 is 2.05 bits per heavy atom. The second-order valence-electron chi connectivity index (χ2n) is 3.63. The van der Waals surface area contributed by atoms with Gasteiger partial charge in [-0.3, -0.25) is 0 Å². The molecule has 0 fully saturated rings. The second kappa shape index (κ2) is 5.35. The lowest BCUT2D eigenvalue weighted by Crippen LogP contribution is -2.27. The highest BCUT2D eigenvalue weighted by atomic mass is 79.9. The van der Waals surface area contributed by atoms with E-state index in [2.05, 4.69) is 26.1 Å². The van der Waals surface area contributed by atoms with Gasteiger partial charge in [0.15, 0.2) is 0 Å². The van der Waals surface area contributed by atoms with Gasteiger partial charge in [0.2, 0.25) is 5.13 Å². The predicted molar refractivity (Wildman–Crippen MR) is 79.4 cm³/mol. The molecule has 0 unspecified atom stereocenters. The highest BCUT2D eigenvalue weighted by molar-refractivity contribution is 9.10. The summed E-state index contributed by atoms with van der Waals surface area (Å²) in [7, 11) is -2.36. The molecular weight excluding hydrogens is 374 g/mol. The Morgan fingerprint density at radius 3 is 2.58 bits per heavy atom. The Morgan fingerprint density at radius 1 is 1.37 bits per heavy atom. The predicted octanol–water partition coefficient (Wildman–Crippen LogP) is 3.09. The first-order valence-corrected chi connectivity index (χ1v) is 8.50. The minimum atomic E-state index is -3.78. The van der Waals surface area contributed by atoms with Crippen LogP contribution in [-0.2, 0) is 10.0 Å². The zero-order chi connectivity index (χ0) is 14.2. The summed E-state index contributed by atoms with van der Waals surface area (Å²) in [6, 6.07) is 4.82. The summed E-state index contributed by atoms with van der Waals surface area (Å²) in [5.41, 5.74) is 0. The van der Waals surface area contributed by atoms with Gasteiger partial charge in [0, 0.05) is 11.5 Å². The Balaban J connectivity index is 2.54. The number of sulfonamides is 1. The lowest BCUT2D eigenvalue weighted by molar-refractivity contribution is 0.593. The fourth-order valence-corrected chi connectivity index (χ4v) is 5.05. The average molecular weight is 383 g/mol. The maximum Gasteiger partial charge on any atom is 0.268 e. The Labute approximate surface area is 128 Å². The molecule has 1 aromatic heterocycles. The number of hydrogen-bond acceptors (Lipinski definition) is 5. The van der Waals surface area contributed by atoms with Crippen molar-refractivity contribution in [1.29, 1.82) is 0 Å². The molecule has 19 heavy (non-hydrogen) atoms. The van der Waals surface area contributed by atoms with Gasteiger partial charge in [0.05, 0.1) is 5.02 Å². The zero-order valence-electron chi connectivity index (χ0n) is 9.96. The number of halogens is 2. The molecule has 2 rings (SSSR count). The molecule has 0 amide bonds. The van der Waals surface area contributed by atoms with E-state index in [0.29, 0.717) is 14.6 Å². The second-order valence-corrected chi connectivity index (χ2v) is 7.95. The van der Waals surface area contributed by atoms with Crippen LogP contribution in [0, 0.1) is 6.92 Å². The van der Waals surface area contributed by atoms with Crippen molar-refractivity contribution < 1.29 is 8.42 Å². The Hall–Kier alpha value is -0.700. The summed E-state index contributed by atoms with van der Waals surface area (Å²) < 4.78 is 26.6. The van der Waals surface area contributed by atoms with Crippen molar-refractivity contribution in [2.24, 2.45) is 0 Å². The largest absolute Gasteiger partial charge is 0.268 e. The van der Waals surface area contributed by atoms with Crippen LogP contribution in [0.15, 0.2) is 27.6 Å². The van der Waals surface area contributed by atoms with E-state index in [9.17, 15) is 8.42 Å². The molecule has 5 nitrogen and oxygen atoms in total. The van der Waals surface area contributed by atoms with Gasteiger partial charge in [0.25, 0.3) is 10.0 Å². The third-order valence-corrected chi connectivity index (χ3v) is 6.55. The molecule has 2 aromatic rings. The Kier molecular flexibility index (Phi) is 4.14. The van der Waals surface area contributed by atoms with Crippen LogP contribution in [0.5, 0.6) is 0 Å². The zero-order valence-corrected chi connectivity index (χ0v) is 13.9. The molecule has 0 radical (unpaired) electrons. The highest BCUT2D eigenvalue weighted by Gasteiger charge is 2.28. The van der Waals surface area contributed by atoms with E-state index in [1.54, 1.807) is 19.1 Å². The summed E-state index contributed by atoms with van der Waals surface area (Å²) in [4.78, 5) is 0.0204. The minimum Gasteiger partial charge on any atom is -0.243 e. The lowest BCUT2D eigenvalue weighted by Gasteiger charge is -2.17. The molecule has 1 aromatic carbocycles. The molecular formula is C10H9BrClN3O2S2. The van der Waals surface area contributed by atoms with Crippen molar-refractivity contribution in [3.8, 4) is 0 Å².